The van der Waals surface area contributed by atoms with Gasteiger partial charge in [0.2, 0.25) is 0 Å². The van der Waals surface area contributed by atoms with Gasteiger partial charge in [0.1, 0.15) is 10.9 Å². The van der Waals surface area contributed by atoms with Gasteiger partial charge in [0.05, 0.1) is 6.61 Å². The fourth-order valence-electron chi connectivity index (χ4n) is 1.37. The van der Waals surface area contributed by atoms with Crippen molar-refractivity contribution in [2.24, 2.45) is 0 Å². The summed E-state index contributed by atoms with van der Waals surface area (Å²) in [5, 5.41) is 16.0. The fraction of sp³-hybridized carbons (Fsp3) is 0.444. The number of hydrogen-bond acceptors (Lipinski definition) is 5. The third kappa shape index (κ3) is 1.96. The van der Waals surface area contributed by atoms with Crippen molar-refractivity contribution in [3.63, 3.8) is 0 Å². The van der Waals surface area contributed by atoms with E-state index in [0.717, 1.165) is 5.03 Å². The summed E-state index contributed by atoms with van der Waals surface area (Å²) in [5.41, 5.74) is 0.261. The van der Waals surface area contributed by atoms with Gasteiger partial charge in [-0.15, -0.1) is 11.8 Å². The van der Waals surface area contributed by atoms with Gasteiger partial charge in [-0.05, 0) is 6.92 Å². The van der Waals surface area contributed by atoms with E-state index >= 15 is 0 Å². The van der Waals surface area contributed by atoms with Crippen LogP contribution in [0.25, 0.3) is 5.65 Å². The lowest BCUT2D eigenvalue weighted by atomic mass is 10.5. The Hall–Kier alpha value is -1.34. The van der Waals surface area contributed by atoms with E-state index in [4.69, 9.17) is 5.11 Å². The van der Waals surface area contributed by atoms with E-state index < -0.39 is 0 Å². The van der Waals surface area contributed by atoms with Gasteiger partial charge in [0.25, 0.3) is 0 Å². The van der Waals surface area contributed by atoms with Crippen LogP contribution in [-0.2, 0) is 0 Å². The van der Waals surface area contributed by atoms with Crippen molar-refractivity contribution in [3.05, 3.63) is 22.4 Å². The van der Waals surface area contributed by atoms with Crippen molar-refractivity contribution >= 4 is 17.4 Å². The summed E-state index contributed by atoms with van der Waals surface area (Å²) in [5.74, 6) is 0.587. The molecule has 1 unspecified atom stereocenters. The molecule has 0 aliphatic carbocycles. The summed E-state index contributed by atoms with van der Waals surface area (Å²) < 4.78 is 1.41. The number of nitrogens with one attached hydrogen (secondary N) is 1. The number of fused-ring (bicyclic) bond motifs is 1. The first-order valence-electron chi connectivity index (χ1n) is 4.84. The number of aliphatic hydroxyl groups is 1. The first-order valence-corrected chi connectivity index (χ1v) is 5.72. The highest BCUT2D eigenvalue weighted by atomic mass is 32.2. The van der Waals surface area contributed by atoms with Crippen LogP contribution in [0, 0.1) is 6.92 Å². The minimum Gasteiger partial charge on any atom is -0.395 e. The second kappa shape index (κ2) is 4.26. The van der Waals surface area contributed by atoms with Crippen LogP contribution in [0.5, 0.6) is 0 Å². The molecule has 86 valence electrons. The minimum absolute atomic E-state index is 0.0695. The highest BCUT2D eigenvalue weighted by Gasteiger charge is 2.09. The quantitative estimate of drug-likeness (QED) is 0.591. The molecule has 0 bridgehead atoms. The summed E-state index contributed by atoms with van der Waals surface area (Å²) in [6.07, 6.45) is 0. The lowest BCUT2D eigenvalue weighted by Gasteiger charge is -2.07. The van der Waals surface area contributed by atoms with Crippen molar-refractivity contribution in [3.8, 4) is 0 Å². The van der Waals surface area contributed by atoms with Crippen LogP contribution >= 0.6 is 11.8 Å². The minimum atomic E-state index is -0.285. The number of hydrogen-bond donors (Lipinski definition) is 2. The Bertz CT molecular complexity index is 562. The summed E-state index contributed by atoms with van der Waals surface area (Å²) in [4.78, 5) is 15.6. The molecule has 0 radical (unpaired) electrons. The number of aryl methyl sites for hydroxylation is 1. The van der Waals surface area contributed by atoms with Gasteiger partial charge in [0, 0.05) is 11.3 Å². The lowest BCUT2D eigenvalue weighted by molar-refractivity contribution is 0.300. The van der Waals surface area contributed by atoms with E-state index in [2.05, 4.69) is 15.2 Å². The van der Waals surface area contributed by atoms with Gasteiger partial charge in [-0.2, -0.15) is 5.10 Å². The molecule has 0 amide bonds. The molecule has 2 aromatic heterocycles. The normalized spacial score (nSPS) is 13.2. The number of nitrogens with zero attached hydrogens (tertiary/aromatic N) is 3. The molecule has 6 nitrogen and oxygen atoms in total. The SMILES string of the molecule is Cc1nc(SC(C)CO)cc2n[nH]c(=O)n12. The van der Waals surface area contributed by atoms with Gasteiger partial charge in [0.15, 0.2) is 5.65 Å². The number of aromatic amines is 1. The maximum Gasteiger partial charge on any atom is 0.349 e. The van der Waals surface area contributed by atoms with Crippen molar-refractivity contribution in [2.75, 3.05) is 6.61 Å². The van der Waals surface area contributed by atoms with E-state index in [1.165, 1.54) is 16.2 Å². The van der Waals surface area contributed by atoms with Crippen molar-refractivity contribution < 1.29 is 5.11 Å². The summed E-state index contributed by atoms with van der Waals surface area (Å²) in [6.45, 7) is 3.74. The zero-order chi connectivity index (χ0) is 11.7. The van der Waals surface area contributed by atoms with Crippen molar-refractivity contribution in [2.45, 2.75) is 24.1 Å². The predicted octanol–water partition coefficient (Wildman–Crippen LogP) is 0.199. The zero-order valence-corrected chi connectivity index (χ0v) is 9.78. The average molecular weight is 240 g/mol. The van der Waals surface area contributed by atoms with Crippen LogP contribution in [0.1, 0.15) is 12.7 Å². The van der Waals surface area contributed by atoms with Crippen LogP contribution in [0.4, 0.5) is 0 Å². The van der Waals surface area contributed by atoms with E-state index in [-0.39, 0.29) is 17.5 Å². The maximum absolute atomic E-state index is 11.3. The van der Waals surface area contributed by atoms with Crippen LogP contribution in [0.2, 0.25) is 0 Å². The van der Waals surface area contributed by atoms with Gasteiger partial charge in [-0.1, -0.05) is 6.92 Å². The predicted molar refractivity (Wildman–Crippen MR) is 60.7 cm³/mol. The molecule has 0 aromatic carbocycles. The van der Waals surface area contributed by atoms with Crippen LogP contribution < -0.4 is 5.69 Å². The molecule has 0 saturated carbocycles. The lowest BCUT2D eigenvalue weighted by Crippen LogP contribution is -2.13. The van der Waals surface area contributed by atoms with Gasteiger partial charge >= 0.3 is 5.69 Å². The van der Waals surface area contributed by atoms with Gasteiger partial charge < -0.3 is 5.11 Å². The molecule has 2 N–H and O–H groups in total. The second-order valence-corrected chi connectivity index (χ2v) is 4.93. The highest BCUT2D eigenvalue weighted by molar-refractivity contribution is 7.99. The summed E-state index contributed by atoms with van der Waals surface area (Å²) in [6, 6.07) is 1.72. The molecule has 0 fully saturated rings. The Morgan fingerprint density at radius 3 is 3.12 bits per heavy atom. The average Bonchev–Trinajstić information content (AvgIpc) is 2.60. The Morgan fingerprint density at radius 2 is 2.44 bits per heavy atom. The third-order valence-corrected chi connectivity index (χ3v) is 3.13. The summed E-state index contributed by atoms with van der Waals surface area (Å²) >= 11 is 1.45. The first-order chi connectivity index (χ1) is 7.61. The molecule has 2 heterocycles. The van der Waals surface area contributed by atoms with E-state index in [1.807, 2.05) is 6.92 Å². The zero-order valence-electron chi connectivity index (χ0n) is 8.97. The molecule has 2 aromatic rings. The number of aromatic nitrogens is 4. The molecule has 7 heteroatoms. The maximum atomic E-state index is 11.3. The highest BCUT2D eigenvalue weighted by Crippen LogP contribution is 2.21. The molecule has 16 heavy (non-hydrogen) atoms. The molecule has 1 atom stereocenters. The largest absolute Gasteiger partial charge is 0.395 e. The third-order valence-electron chi connectivity index (χ3n) is 2.13. The molecule has 0 spiro atoms. The molecule has 0 saturated heterocycles. The Kier molecular flexibility index (Phi) is 2.97. The molecule has 0 aliphatic rings. The van der Waals surface area contributed by atoms with Crippen LogP contribution in [0.15, 0.2) is 15.9 Å². The topological polar surface area (TPSA) is 83.3 Å². The second-order valence-electron chi connectivity index (χ2n) is 3.48. The Morgan fingerprint density at radius 1 is 1.69 bits per heavy atom. The van der Waals surface area contributed by atoms with Crippen molar-refractivity contribution in [1.82, 2.24) is 19.6 Å². The van der Waals surface area contributed by atoms with Crippen LogP contribution in [0.3, 0.4) is 0 Å². The smallest absolute Gasteiger partial charge is 0.349 e. The number of aliphatic hydroxyl groups excluding tert-OH is 1. The number of thioether (sulfide) groups is 1. The monoisotopic (exact) mass is 240 g/mol. The van der Waals surface area contributed by atoms with E-state index in [9.17, 15) is 4.79 Å². The molecular formula is C9H12N4O2S. The Labute approximate surface area is 95.7 Å². The Balaban J connectivity index is 2.46. The summed E-state index contributed by atoms with van der Waals surface area (Å²) in [7, 11) is 0. The molecular weight excluding hydrogens is 228 g/mol. The molecule has 2 rings (SSSR count). The first kappa shape index (κ1) is 11.2. The number of H-pyrrole nitrogens is 1. The number of rotatable bonds is 3. The van der Waals surface area contributed by atoms with E-state index in [1.54, 1.807) is 13.0 Å². The van der Waals surface area contributed by atoms with Gasteiger partial charge in [-0.25, -0.2) is 19.3 Å². The van der Waals surface area contributed by atoms with E-state index in [0.29, 0.717) is 11.5 Å². The van der Waals surface area contributed by atoms with Crippen LogP contribution in [-0.4, -0.2) is 36.5 Å². The van der Waals surface area contributed by atoms with Gasteiger partial charge in [-0.3, -0.25) is 0 Å². The van der Waals surface area contributed by atoms with Crippen molar-refractivity contribution in [1.29, 1.82) is 0 Å². The fourth-order valence-corrected chi connectivity index (χ4v) is 2.22. The molecule has 0 aliphatic heterocycles. The standard InChI is InChI=1S/C9H12N4O2S/c1-5(4-14)16-8-3-7-11-12-9(15)13(7)6(2)10-8/h3,5,14H,4H2,1-2H3,(H,12,15).